The molecule has 0 radical (unpaired) electrons. The average Bonchev–Trinajstić information content (AvgIpc) is 2.45. The van der Waals surface area contributed by atoms with Gasteiger partial charge in [-0.2, -0.15) is 0 Å². The van der Waals surface area contributed by atoms with E-state index in [0.717, 1.165) is 19.3 Å². The third kappa shape index (κ3) is 3.78. The fraction of sp³-hybridized carbons (Fsp3) is 0.583. The third-order valence-electron chi connectivity index (χ3n) is 2.45. The molecular formula is C12H19NO2. The summed E-state index contributed by atoms with van der Waals surface area (Å²) in [5, 5.41) is 0. The van der Waals surface area contributed by atoms with Crippen molar-refractivity contribution in [3.8, 4) is 0 Å². The highest BCUT2D eigenvalue weighted by Crippen LogP contribution is 2.18. The standard InChI is InChI=1S/C12H19NO2/c1-10(15-12(14)13(2)3)11-8-6-4-5-7-9-11/h4-5,8,10H,6-7,9H2,1-3H3. The molecule has 0 aromatic heterocycles. The summed E-state index contributed by atoms with van der Waals surface area (Å²) in [6.07, 6.45) is 9.04. The number of hydrogen-bond donors (Lipinski definition) is 0. The minimum atomic E-state index is -0.277. The molecule has 3 nitrogen and oxygen atoms in total. The lowest BCUT2D eigenvalue weighted by molar-refractivity contribution is 0.0951. The number of carbonyl (C=O) groups is 1. The zero-order valence-electron chi connectivity index (χ0n) is 9.69. The Labute approximate surface area is 91.4 Å². The number of ether oxygens (including phenoxy) is 1. The second-order valence-corrected chi connectivity index (χ2v) is 3.95. The van der Waals surface area contributed by atoms with E-state index in [1.54, 1.807) is 14.1 Å². The molecule has 1 amide bonds. The number of amides is 1. The van der Waals surface area contributed by atoms with Crippen molar-refractivity contribution in [2.45, 2.75) is 32.3 Å². The second kappa shape index (κ2) is 5.59. The topological polar surface area (TPSA) is 29.5 Å². The van der Waals surface area contributed by atoms with Crippen LogP contribution in [0.4, 0.5) is 4.79 Å². The minimum Gasteiger partial charge on any atom is -0.442 e. The smallest absolute Gasteiger partial charge is 0.409 e. The van der Waals surface area contributed by atoms with Crippen LogP contribution in [0, 0.1) is 0 Å². The normalized spacial score (nSPS) is 17.7. The average molecular weight is 209 g/mol. The molecule has 0 N–H and O–H groups in total. The number of nitrogens with zero attached hydrogens (tertiary/aromatic N) is 1. The summed E-state index contributed by atoms with van der Waals surface area (Å²) in [5.74, 6) is 0. The maximum atomic E-state index is 11.3. The molecule has 1 aliphatic carbocycles. The first kappa shape index (κ1) is 11.8. The molecule has 84 valence electrons. The van der Waals surface area contributed by atoms with Gasteiger partial charge < -0.3 is 9.64 Å². The molecule has 0 saturated heterocycles. The first-order chi connectivity index (χ1) is 7.11. The molecule has 0 aromatic rings. The molecule has 0 aliphatic heterocycles. The Morgan fingerprint density at radius 1 is 1.47 bits per heavy atom. The first-order valence-electron chi connectivity index (χ1n) is 5.33. The zero-order valence-corrected chi connectivity index (χ0v) is 9.69. The van der Waals surface area contributed by atoms with Gasteiger partial charge in [0, 0.05) is 14.1 Å². The molecule has 15 heavy (non-hydrogen) atoms. The quantitative estimate of drug-likeness (QED) is 0.654. The van der Waals surface area contributed by atoms with Gasteiger partial charge in [0.2, 0.25) is 0 Å². The van der Waals surface area contributed by atoms with Gasteiger partial charge in [0.05, 0.1) is 0 Å². The summed E-state index contributed by atoms with van der Waals surface area (Å²) in [6.45, 7) is 1.93. The summed E-state index contributed by atoms with van der Waals surface area (Å²) in [4.78, 5) is 12.8. The van der Waals surface area contributed by atoms with Gasteiger partial charge in [0.25, 0.3) is 0 Å². The molecular weight excluding hydrogens is 190 g/mol. The molecule has 0 saturated carbocycles. The Morgan fingerprint density at radius 2 is 2.20 bits per heavy atom. The van der Waals surface area contributed by atoms with Crippen molar-refractivity contribution in [3.05, 3.63) is 23.8 Å². The minimum absolute atomic E-state index is 0.111. The molecule has 1 atom stereocenters. The maximum absolute atomic E-state index is 11.3. The monoisotopic (exact) mass is 209 g/mol. The number of carbonyl (C=O) groups excluding carboxylic acids is 1. The van der Waals surface area contributed by atoms with Gasteiger partial charge in [-0.15, -0.1) is 0 Å². The van der Waals surface area contributed by atoms with Crippen molar-refractivity contribution in [3.63, 3.8) is 0 Å². The summed E-state index contributed by atoms with van der Waals surface area (Å²) < 4.78 is 5.30. The van der Waals surface area contributed by atoms with E-state index in [9.17, 15) is 4.79 Å². The third-order valence-corrected chi connectivity index (χ3v) is 2.45. The highest BCUT2D eigenvalue weighted by Gasteiger charge is 2.15. The summed E-state index contributed by atoms with van der Waals surface area (Å²) in [6, 6.07) is 0. The van der Waals surface area contributed by atoms with Crippen LogP contribution in [0.3, 0.4) is 0 Å². The Morgan fingerprint density at radius 3 is 2.87 bits per heavy atom. The van der Waals surface area contributed by atoms with Crippen LogP contribution in [0.5, 0.6) is 0 Å². The van der Waals surface area contributed by atoms with E-state index >= 15 is 0 Å². The van der Waals surface area contributed by atoms with Gasteiger partial charge in [-0.3, -0.25) is 0 Å². The number of hydrogen-bond acceptors (Lipinski definition) is 2. The Bertz CT molecular complexity index is 279. The fourth-order valence-corrected chi connectivity index (χ4v) is 1.49. The Hall–Kier alpha value is -1.25. The first-order valence-corrected chi connectivity index (χ1v) is 5.33. The van der Waals surface area contributed by atoms with E-state index in [1.807, 2.05) is 6.92 Å². The molecule has 0 bridgehead atoms. The lowest BCUT2D eigenvalue weighted by Crippen LogP contribution is -2.27. The van der Waals surface area contributed by atoms with E-state index in [4.69, 9.17) is 4.74 Å². The summed E-state index contributed by atoms with van der Waals surface area (Å²) in [5.41, 5.74) is 1.22. The summed E-state index contributed by atoms with van der Waals surface area (Å²) in [7, 11) is 3.39. The lowest BCUT2D eigenvalue weighted by atomic mass is 10.1. The molecule has 1 aliphatic rings. The molecule has 0 fully saturated rings. The van der Waals surface area contributed by atoms with Crippen molar-refractivity contribution < 1.29 is 9.53 Å². The largest absolute Gasteiger partial charge is 0.442 e. The number of rotatable bonds is 2. The van der Waals surface area contributed by atoms with Crippen molar-refractivity contribution in [2.75, 3.05) is 14.1 Å². The van der Waals surface area contributed by atoms with Crippen LogP contribution >= 0.6 is 0 Å². The van der Waals surface area contributed by atoms with Crippen molar-refractivity contribution in [2.24, 2.45) is 0 Å². The van der Waals surface area contributed by atoms with Crippen LogP contribution in [0.2, 0.25) is 0 Å². The molecule has 0 aromatic carbocycles. The van der Waals surface area contributed by atoms with E-state index < -0.39 is 0 Å². The van der Waals surface area contributed by atoms with Crippen LogP contribution in [-0.2, 0) is 4.74 Å². The molecule has 0 heterocycles. The Balaban J connectivity index is 2.49. The van der Waals surface area contributed by atoms with Gasteiger partial charge in [0.15, 0.2) is 0 Å². The van der Waals surface area contributed by atoms with Gasteiger partial charge in [-0.05, 0) is 31.8 Å². The highest BCUT2D eigenvalue weighted by molar-refractivity contribution is 5.67. The van der Waals surface area contributed by atoms with E-state index in [1.165, 1.54) is 10.5 Å². The zero-order chi connectivity index (χ0) is 11.3. The van der Waals surface area contributed by atoms with Crippen LogP contribution in [0.25, 0.3) is 0 Å². The molecule has 0 spiro atoms. The van der Waals surface area contributed by atoms with E-state index in [-0.39, 0.29) is 12.2 Å². The van der Waals surface area contributed by atoms with Crippen molar-refractivity contribution in [1.82, 2.24) is 4.90 Å². The Kier molecular flexibility index (Phi) is 4.40. The van der Waals surface area contributed by atoms with Crippen LogP contribution in [0.15, 0.2) is 23.8 Å². The van der Waals surface area contributed by atoms with Crippen molar-refractivity contribution >= 4 is 6.09 Å². The second-order valence-electron chi connectivity index (χ2n) is 3.95. The van der Waals surface area contributed by atoms with Crippen LogP contribution in [-0.4, -0.2) is 31.2 Å². The van der Waals surface area contributed by atoms with E-state index in [0.29, 0.717) is 0 Å². The predicted molar refractivity (Wildman–Crippen MR) is 60.7 cm³/mol. The maximum Gasteiger partial charge on any atom is 0.409 e. The van der Waals surface area contributed by atoms with Gasteiger partial charge in [-0.25, -0.2) is 4.79 Å². The molecule has 1 rings (SSSR count). The van der Waals surface area contributed by atoms with Gasteiger partial charge in [-0.1, -0.05) is 18.2 Å². The van der Waals surface area contributed by atoms with Gasteiger partial charge in [0.1, 0.15) is 6.10 Å². The number of allylic oxidation sites excluding steroid dienone is 3. The van der Waals surface area contributed by atoms with Crippen LogP contribution < -0.4 is 0 Å². The van der Waals surface area contributed by atoms with Gasteiger partial charge >= 0.3 is 6.09 Å². The molecule has 3 heteroatoms. The van der Waals surface area contributed by atoms with E-state index in [2.05, 4.69) is 18.2 Å². The van der Waals surface area contributed by atoms with Crippen molar-refractivity contribution in [1.29, 1.82) is 0 Å². The fourth-order valence-electron chi connectivity index (χ4n) is 1.49. The molecule has 1 unspecified atom stereocenters. The predicted octanol–water partition coefficient (Wildman–Crippen LogP) is 2.74. The lowest BCUT2D eigenvalue weighted by Gasteiger charge is -2.19. The highest BCUT2D eigenvalue weighted by atomic mass is 16.6. The van der Waals surface area contributed by atoms with Crippen LogP contribution in [0.1, 0.15) is 26.2 Å². The SMILES string of the molecule is CC(OC(=O)N(C)C)C1=CCC=CCC1. The summed E-state index contributed by atoms with van der Waals surface area (Å²) >= 11 is 0.